The normalized spacial score (nSPS) is 17.1. The van der Waals surface area contributed by atoms with Crippen molar-refractivity contribution in [3.8, 4) is 17.7 Å². The summed E-state index contributed by atoms with van der Waals surface area (Å²) in [6, 6.07) is 8.92. The van der Waals surface area contributed by atoms with Gasteiger partial charge in [0.15, 0.2) is 0 Å². The molecule has 0 fully saturated rings. The SMILES string of the molecule is CC(C)c1[nH]nc2c1[C@@H](c1cccc(O)c1)C(C#N)=C(N)O2. The maximum atomic E-state index is 9.76. The van der Waals surface area contributed by atoms with Gasteiger partial charge in [0.25, 0.3) is 0 Å². The Morgan fingerprint density at radius 1 is 1.45 bits per heavy atom. The minimum atomic E-state index is -0.406. The Bertz CT molecular complexity index is 799. The molecule has 1 aromatic heterocycles. The molecule has 1 atom stereocenters. The lowest BCUT2D eigenvalue weighted by atomic mass is 9.82. The first-order chi connectivity index (χ1) is 10.5. The number of aromatic amines is 1. The van der Waals surface area contributed by atoms with E-state index in [1.165, 1.54) is 0 Å². The minimum Gasteiger partial charge on any atom is -0.508 e. The predicted molar refractivity (Wildman–Crippen MR) is 80.1 cm³/mol. The van der Waals surface area contributed by atoms with Crippen molar-refractivity contribution in [2.75, 3.05) is 0 Å². The number of phenolic OH excluding ortho intramolecular Hbond substituents is 1. The molecule has 0 amide bonds. The van der Waals surface area contributed by atoms with E-state index in [0.717, 1.165) is 16.8 Å². The number of hydrogen-bond donors (Lipinski definition) is 3. The summed E-state index contributed by atoms with van der Waals surface area (Å²) < 4.78 is 5.48. The van der Waals surface area contributed by atoms with Gasteiger partial charge < -0.3 is 15.6 Å². The number of nitrogens with two attached hydrogens (primary N) is 1. The van der Waals surface area contributed by atoms with Crippen molar-refractivity contribution in [2.45, 2.75) is 25.7 Å². The third-order valence-corrected chi connectivity index (χ3v) is 3.75. The highest BCUT2D eigenvalue weighted by molar-refractivity contribution is 5.56. The van der Waals surface area contributed by atoms with Gasteiger partial charge in [-0.15, -0.1) is 5.10 Å². The average molecular weight is 296 g/mol. The number of benzene rings is 1. The molecule has 0 saturated carbocycles. The van der Waals surface area contributed by atoms with Crippen LogP contribution >= 0.6 is 0 Å². The van der Waals surface area contributed by atoms with Crippen LogP contribution in [0.4, 0.5) is 0 Å². The van der Waals surface area contributed by atoms with Gasteiger partial charge >= 0.3 is 0 Å². The number of hydrogen-bond acceptors (Lipinski definition) is 5. The molecule has 2 aromatic rings. The summed E-state index contributed by atoms with van der Waals surface area (Å²) in [7, 11) is 0. The summed E-state index contributed by atoms with van der Waals surface area (Å²) in [6.45, 7) is 4.06. The third kappa shape index (κ3) is 2.07. The van der Waals surface area contributed by atoms with Crippen LogP contribution in [-0.4, -0.2) is 15.3 Å². The number of fused-ring (bicyclic) bond motifs is 1. The van der Waals surface area contributed by atoms with Crippen LogP contribution in [0.1, 0.15) is 42.5 Å². The molecule has 2 heterocycles. The van der Waals surface area contributed by atoms with Crippen molar-refractivity contribution in [1.82, 2.24) is 10.2 Å². The Morgan fingerprint density at radius 3 is 2.86 bits per heavy atom. The molecule has 0 aliphatic carbocycles. The van der Waals surface area contributed by atoms with E-state index in [0.29, 0.717) is 11.5 Å². The molecule has 6 nitrogen and oxygen atoms in total. The van der Waals surface area contributed by atoms with Crippen LogP contribution < -0.4 is 10.5 Å². The number of nitrogens with one attached hydrogen (secondary N) is 1. The Hall–Kier alpha value is -2.94. The van der Waals surface area contributed by atoms with Gasteiger partial charge in [-0.2, -0.15) is 5.26 Å². The van der Waals surface area contributed by atoms with Crippen LogP contribution in [0.25, 0.3) is 0 Å². The van der Waals surface area contributed by atoms with Crippen LogP contribution in [0.2, 0.25) is 0 Å². The fourth-order valence-corrected chi connectivity index (χ4v) is 2.75. The molecule has 112 valence electrons. The molecule has 1 aliphatic heterocycles. The van der Waals surface area contributed by atoms with Crippen molar-refractivity contribution in [2.24, 2.45) is 5.73 Å². The van der Waals surface area contributed by atoms with Gasteiger partial charge in [0, 0.05) is 5.69 Å². The van der Waals surface area contributed by atoms with E-state index in [4.69, 9.17) is 10.5 Å². The summed E-state index contributed by atoms with van der Waals surface area (Å²) in [5.41, 5.74) is 8.66. The highest BCUT2D eigenvalue weighted by atomic mass is 16.5. The van der Waals surface area contributed by atoms with Gasteiger partial charge in [0.1, 0.15) is 17.4 Å². The van der Waals surface area contributed by atoms with Crippen molar-refractivity contribution >= 4 is 0 Å². The summed E-state index contributed by atoms with van der Waals surface area (Å²) in [4.78, 5) is 0. The maximum absolute atomic E-state index is 9.76. The Kier molecular flexibility index (Phi) is 3.26. The molecule has 0 radical (unpaired) electrons. The molecule has 4 N–H and O–H groups in total. The number of rotatable bonds is 2. The molecule has 0 spiro atoms. The van der Waals surface area contributed by atoms with Crippen LogP contribution in [0, 0.1) is 11.3 Å². The first-order valence-electron chi connectivity index (χ1n) is 6.97. The van der Waals surface area contributed by atoms with E-state index in [-0.39, 0.29) is 17.6 Å². The van der Waals surface area contributed by atoms with E-state index in [1.807, 2.05) is 19.9 Å². The predicted octanol–water partition coefficient (Wildman–Crippen LogP) is 2.46. The molecule has 22 heavy (non-hydrogen) atoms. The van der Waals surface area contributed by atoms with Crippen molar-refractivity contribution < 1.29 is 9.84 Å². The summed E-state index contributed by atoms with van der Waals surface area (Å²) >= 11 is 0. The second-order valence-corrected chi connectivity index (χ2v) is 5.53. The molecule has 1 aliphatic rings. The Labute approximate surface area is 127 Å². The number of aromatic nitrogens is 2. The lowest BCUT2D eigenvalue weighted by molar-refractivity contribution is 0.378. The zero-order valence-corrected chi connectivity index (χ0v) is 12.3. The number of aromatic hydroxyl groups is 1. The average Bonchev–Trinajstić information content (AvgIpc) is 2.89. The van der Waals surface area contributed by atoms with E-state index < -0.39 is 5.92 Å². The number of nitrogens with zero attached hydrogens (tertiary/aromatic N) is 2. The zero-order valence-electron chi connectivity index (χ0n) is 12.3. The smallest absolute Gasteiger partial charge is 0.244 e. The quantitative estimate of drug-likeness (QED) is 0.789. The molecular formula is C16H16N4O2. The monoisotopic (exact) mass is 296 g/mol. The molecule has 0 saturated heterocycles. The highest BCUT2D eigenvalue weighted by Crippen LogP contribution is 2.44. The fourth-order valence-electron chi connectivity index (χ4n) is 2.75. The molecular weight excluding hydrogens is 280 g/mol. The van der Waals surface area contributed by atoms with Gasteiger partial charge in [-0.1, -0.05) is 26.0 Å². The van der Waals surface area contributed by atoms with Crippen molar-refractivity contribution in [1.29, 1.82) is 5.26 Å². The number of allylic oxidation sites excluding steroid dienone is 1. The second kappa shape index (κ2) is 5.11. The molecule has 0 bridgehead atoms. The second-order valence-electron chi connectivity index (χ2n) is 5.53. The van der Waals surface area contributed by atoms with Crippen molar-refractivity contribution in [3.05, 3.63) is 52.5 Å². The van der Waals surface area contributed by atoms with Gasteiger partial charge in [-0.05, 0) is 23.6 Å². The highest BCUT2D eigenvalue weighted by Gasteiger charge is 2.35. The van der Waals surface area contributed by atoms with Crippen LogP contribution in [0.15, 0.2) is 35.7 Å². The first kappa shape index (κ1) is 14.0. The summed E-state index contributed by atoms with van der Waals surface area (Å²) in [6.07, 6.45) is 0. The lowest BCUT2D eigenvalue weighted by Gasteiger charge is -2.24. The summed E-state index contributed by atoms with van der Waals surface area (Å²) in [5.74, 6) is 0.339. The number of phenols is 1. The van der Waals surface area contributed by atoms with Gasteiger partial charge in [0.05, 0.1) is 11.5 Å². The largest absolute Gasteiger partial charge is 0.508 e. The standard InChI is InChI=1S/C16H16N4O2/c1-8(2)14-13-12(9-4-3-5-10(21)6-9)11(7-17)15(18)22-16(13)20-19-14/h3-6,8,12,21H,18H2,1-2H3,(H,19,20)/t12-/m0/s1. The van der Waals surface area contributed by atoms with E-state index in [2.05, 4.69) is 16.3 Å². The van der Waals surface area contributed by atoms with Gasteiger partial charge in [0.2, 0.25) is 11.8 Å². The first-order valence-corrected chi connectivity index (χ1v) is 6.97. The van der Waals surface area contributed by atoms with Crippen LogP contribution in [0.5, 0.6) is 11.6 Å². The minimum absolute atomic E-state index is 0.0464. The van der Waals surface area contributed by atoms with Crippen molar-refractivity contribution in [3.63, 3.8) is 0 Å². The topological polar surface area (TPSA) is 108 Å². The molecule has 0 unspecified atom stereocenters. The van der Waals surface area contributed by atoms with Gasteiger partial charge in [-0.3, -0.25) is 5.10 Å². The van der Waals surface area contributed by atoms with Crippen LogP contribution in [-0.2, 0) is 0 Å². The lowest BCUT2D eigenvalue weighted by Crippen LogP contribution is -2.21. The number of ether oxygens (including phenoxy) is 1. The van der Waals surface area contributed by atoms with Crippen LogP contribution in [0.3, 0.4) is 0 Å². The molecule has 6 heteroatoms. The van der Waals surface area contributed by atoms with E-state index >= 15 is 0 Å². The fraction of sp³-hybridized carbons (Fsp3) is 0.250. The molecule has 3 rings (SSSR count). The van der Waals surface area contributed by atoms with E-state index in [9.17, 15) is 10.4 Å². The third-order valence-electron chi connectivity index (χ3n) is 3.75. The van der Waals surface area contributed by atoms with Gasteiger partial charge in [-0.25, -0.2) is 0 Å². The maximum Gasteiger partial charge on any atom is 0.244 e. The number of nitriles is 1. The molecule has 1 aromatic carbocycles. The zero-order chi connectivity index (χ0) is 15.9. The van der Waals surface area contributed by atoms with E-state index in [1.54, 1.807) is 18.2 Å². The Balaban J connectivity index is 2.26. The Morgan fingerprint density at radius 2 is 2.23 bits per heavy atom. The number of H-pyrrole nitrogens is 1. The summed E-state index contributed by atoms with van der Waals surface area (Å²) in [5, 5.41) is 26.4.